The third-order valence-corrected chi connectivity index (χ3v) is 6.22. The number of hydrogen-bond acceptors (Lipinski definition) is 5. The summed E-state index contributed by atoms with van der Waals surface area (Å²) in [4.78, 5) is 17.6. The number of amidine groups is 1. The van der Waals surface area contributed by atoms with Crippen LogP contribution >= 0.6 is 23.4 Å². The van der Waals surface area contributed by atoms with Crippen LogP contribution in [-0.2, 0) is 11.4 Å². The minimum absolute atomic E-state index is 0.187. The van der Waals surface area contributed by atoms with Crippen LogP contribution in [0.1, 0.15) is 29.2 Å². The van der Waals surface area contributed by atoms with Gasteiger partial charge in [-0.05, 0) is 85.6 Å². The maximum absolute atomic E-state index is 12.5. The highest BCUT2D eigenvalue weighted by Gasteiger charge is 2.24. The highest BCUT2D eigenvalue weighted by Crippen LogP contribution is 2.33. The van der Waals surface area contributed by atoms with E-state index in [9.17, 15) is 4.79 Å². The highest BCUT2D eigenvalue weighted by atomic mass is 35.5. The minimum Gasteiger partial charge on any atom is -0.490 e. The van der Waals surface area contributed by atoms with Crippen molar-refractivity contribution >= 4 is 46.2 Å². The number of thioether (sulfide) groups is 1. The van der Waals surface area contributed by atoms with Gasteiger partial charge in [-0.2, -0.15) is 0 Å². The summed E-state index contributed by atoms with van der Waals surface area (Å²) in [5, 5.41) is 4.01. The molecule has 4 rings (SSSR count). The number of carbonyl (C=O) groups is 1. The zero-order valence-corrected chi connectivity index (χ0v) is 20.8. The van der Waals surface area contributed by atoms with E-state index in [0.29, 0.717) is 39.8 Å². The zero-order chi connectivity index (χ0) is 24.1. The van der Waals surface area contributed by atoms with Crippen LogP contribution in [-0.4, -0.2) is 17.7 Å². The summed E-state index contributed by atoms with van der Waals surface area (Å²) in [6.07, 6.45) is 1.82. The van der Waals surface area contributed by atoms with Crippen molar-refractivity contribution in [2.75, 3.05) is 6.61 Å². The third-order valence-electron chi connectivity index (χ3n) is 5.07. The van der Waals surface area contributed by atoms with Crippen LogP contribution in [0.3, 0.4) is 0 Å². The lowest BCUT2D eigenvalue weighted by atomic mass is 10.1. The van der Waals surface area contributed by atoms with Gasteiger partial charge in [0.25, 0.3) is 5.91 Å². The standard InChI is InChI=1S/C27H25ClN2O3S/c1-4-32-24-14-19(8-11-23(24)33-16-20-7-5-6-17(2)12-20)15-25-26(31)30-27(34-25)29-22-10-9-21(28)13-18(22)3/h5-15H,4,16H2,1-3H3,(H,29,30,31)/b25-15-. The number of ether oxygens (including phenoxy) is 2. The minimum atomic E-state index is -0.187. The molecule has 1 fully saturated rings. The first-order valence-corrected chi connectivity index (χ1v) is 12.1. The Balaban J connectivity index is 1.52. The maximum Gasteiger partial charge on any atom is 0.264 e. The van der Waals surface area contributed by atoms with Gasteiger partial charge >= 0.3 is 0 Å². The summed E-state index contributed by atoms with van der Waals surface area (Å²) in [6.45, 7) is 6.87. The van der Waals surface area contributed by atoms with Gasteiger partial charge in [0.1, 0.15) is 6.61 Å². The molecule has 0 atom stereocenters. The molecule has 0 unspecified atom stereocenters. The van der Waals surface area contributed by atoms with Gasteiger partial charge in [-0.1, -0.05) is 47.5 Å². The van der Waals surface area contributed by atoms with Crippen LogP contribution in [0.2, 0.25) is 5.02 Å². The van der Waals surface area contributed by atoms with Crippen LogP contribution in [0.15, 0.2) is 70.6 Å². The van der Waals surface area contributed by atoms with E-state index < -0.39 is 0 Å². The Bertz CT molecular complexity index is 1290. The molecule has 3 aromatic carbocycles. The number of nitrogens with one attached hydrogen (secondary N) is 1. The third kappa shape index (κ3) is 6.01. The second-order valence-electron chi connectivity index (χ2n) is 7.83. The fourth-order valence-electron chi connectivity index (χ4n) is 3.45. The van der Waals surface area contributed by atoms with Gasteiger partial charge in [0, 0.05) is 5.02 Å². The Labute approximate surface area is 208 Å². The van der Waals surface area contributed by atoms with Gasteiger partial charge in [-0.25, -0.2) is 4.99 Å². The molecule has 34 heavy (non-hydrogen) atoms. The molecule has 5 nitrogen and oxygen atoms in total. The zero-order valence-electron chi connectivity index (χ0n) is 19.2. The fourth-order valence-corrected chi connectivity index (χ4v) is 4.51. The summed E-state index contributed by atoms with van der Waals surface area (Å²) in [6, 6.07) is 19.3. The van der Waals surface area contributed by atoms with E-state index >= 15 is 0 Å². The maximum atomic E-state index is 12.5. The first-order valence-electron chi connectivity index (χ1n) is 10.9. The molecule has 1 aliphatic heterocycles. The lowest BCUT2D eigenvalue weighted by Gasteiger charge is -2.13. The SMILES string of the molecule is CCOc1cc(/C=C2\SC(=Nc3ccc(Cl)cc3C)NC2=O)ccc1OCc1cccc(C)c1. The van der Waals surface area contributed by atoms with Crippen molar-refractivity contribution in [2.24, 2.45) is 4.99 Å². The molecule has 0 bridgehead atoms. The molecule has 0 radical (unpaired) electrons. The monoisotopic (exact) mass is 492 g/mol. The van der Waals surface area contributed by atoms with Crippen molar-refractivity contribution in [2.45, 2.75) is 27.4 Å². The largest absolute Gasteiger partial charge is 0.490 e. The number of hydrogen-bond donors (Lipinski definition) is 1. The number of halogens is 1. The van der Waals surface area contributed by atoms with Gasteiger partial charge < -0.3 is 14.8 Å². The summed E-state index contributed by atoms with van der Waals surface area (Å²) in [5.41, 5.74) is 4.83. The molecule has 7 heteroatoms. The summed E-state index contributed by atoms with van der Waals surface area (Å²) >= 11 is 7.32. The molecule has 0 spiro atoms. The van der Waals surface area contributed by atoms with Gasteiger partial charge in [0.2, 0.25) is 0 Å². The Hall–Kier alpha value is -3.22. The Morgan fingerprint density at radius 1 is 1.03 bits per heavy atom. The molecule has 1 amide bonds. The van der Waals surface area contributed by atoms with E-state index in [1.165, 1.54) is 17.3 Å². The second-order valence-corrected chi connectivity index (χ2v) is 9.30. The predicted molar refractivity (Wildman–Crippen MR) is 140 cm³/mol. The van der Waals surface area contributed by atoms with Crippen LogP contribution < -0.4 is 14.8 Å². The molecular weight excluding hydrogens is 468 g/mol. The lowest BCUT2D eigenvalue weighted by molar-refractivity contribution is -0.115. The van der Waals surface area contributed by atoms with E-state index in [2.05, 4.69) is 29.4 Å². The lowest BCUT2D eigenvalue weighted by Crippen LogP contribution is -2.19. The number of nitrogens with zero attached hydrogens (tertiary/aromatic N) is 1. The van der Waals surface area contributed by atoms with Crippen molar-refractivity contribution in [3.63, 3.8) is 0 Å². The molecule has 3 aromatic rings. The van der Waals surface area contributed by atoms with Crippen LogP contribution in [0.5, 0.6) is 11.5 Å². The van der Waals surface area contributed by atoms with Gasteiger partial charge in [-0.15, -0.1) is 0 Å². The van der Waals surface area contributed by atoms with Crippen molar-refractivity contribution in [1.29, 1.82) is 0 Å². The van der Waals surface area contributed by atoms with Gasteiger partial charge in [-0.3, -0.25) is 4.79 Å². The van der Waals surface area contributed by atoms with Crippen molar-refractivity contribution in [1.82, 2.24) is 5.32 Å². The number of amides is 1. The quantitative estimate of drug-likeness (QED) is 0.367. The molecule has 1 N–H and O–H groups in total. The number of aliphatic imine (C=N–C) groups is 1. The van der Waals surface area contributed by atoms with E-state index in [4.69, 9.17) is 21.1 Å². The number of benzene rings is 3. The average molecular weight is 493 g/mol. The van der Waals surface area contributed by atoms with Crippen molar-refractivity contribution < 1.29 is 14.3 Å². The van der Waals surface area contributed by atoms with Crippen LogP contribution in [0, 0.1) is 13.8 Å². The molecular formula is C27H25ClN2O3S. The fraction of sp³-hybridized carbons (Fsp3) is 0.185. The molecule has 1 saturated heterocycles. The number of aryl methyl sites for hydroxylation is 2. The van der Waals surface area contributed by atoms with Crippen LogP contribution in [0.4, 0.5) is 5.69 Å². The Kier molecular flexibility index (Phi) is 7.60. The van der Waals surface area contributed by atoms with E-state index in [0.717, 1.165) is 22.4 Å². The molecule has 0 saturated carbocycles. The smallest absolute Gasteiger partial charge is 0.264 e. The topological polar surface area (TPSA) is 59.9 Å². The number of rotatable bonds is 7. The number of carbonyl (C=O) groups excluding carboxylic acids is 1. The molecule has 1 aliphatic rings. The molecule has 0 aromatic heterocycles. The summed E-state index contributed by atoms with van der Waals surface area (Å²) < 4.78 is 11.8. The van der Waals surface area contributed by atoms with Crippen molar-refractivity contribution in [3.8, 4) is 11.5 Å². The normalized spacial score (nSPS) is 15.6. The molecule has 174 valence electrons. The Morgan fingerprint density at radius 2 is 1.88 bits per heavy atom. The van der Waals surface area contributed by atoms with E-state index in [1.807, 2.05) is 62.4 Å². The summed E-state index contributed by atoms with van der Waals surface area (Å²) in [5.74, 6) is 1.11. The van der Waals surface area contributed by atoms with Gasteiger partial charge in [0.15, 0.2) is 16.7 Å². The molecule has 1 heterocycles. The second kappa shape index (κ2) is 10.8. The first kappa shape index (κ1) is 23.9. The predicted octanol–water partition coefficient (Wildman–Crippen LogP) is 6.83. The average Bonchev–Trinajstić information content (AvgIpc) is 3.14. The Morgan fingerprint density at radius 3 is 2.65 bits per heavy atom. The highest BCUT2D eigenvalue weighted by molar-refractivity contribution is 8.18. The molecule has 0 aliphatic carbocycles. The van der Waals surface area contributed by atoms with Crippen LogP contribution in [0.25, 0.3) is 6.08 Å². The van der Waals surface area contributed by atoms with Crippen molar-refractivity contribution in [3.05, 3.63) is 92.8 Å². The van der Waals surface area contributed by atoms with E-state index in [1.54, 1.807) is 6.07 Å². The first-order chi connectivity index (χ1) is 16.4. The summed E-state index contributed by atoms with van der Waals surface area (Å²) in [7, 11) is 0. The van der Waals surface area contributed by atoms with Gasteiger partial charge in [0.05, 0.1) is 17.2 Å². The van der Waals surface area contributed by atoms with E-state index in [-0.39, 0.29) is 5.91 Å².